The average molecular weight is 448 g/mol. The van der Waals surface area contributed by atoms with E-state index in [9.17, 15) is 9.90 Å². The fourth-order valence-electron chi connectivity index (χ4n) is 6.42. The Balaban J connectivity index is 1.52. The van der Waals surface area contributed by atoms with Gasteiger partial charge < -0.3 is 24.4 Å². The number of amides is 1. The van der Waals surface area contributed by atoms with Gasteiger partial charge in [0.1, 0.15) is 11.8 Å². The standard InChI is InChI=1S/C28H36N2O3/c1-4-33-23-7-5-6-20(17-23)21-8-9-24-22(16-21)10-13-28(2,3)26(24)30(27(31)32)25-18-29-14-11-19(25)12-15-29/h5-9,16-17,19,25-26H,4,10-15,18H2,1-3H3,(H,31,32)/p-1/t25-,26+/m1/s1. The smallest absolute Gasteiger partial charge is 0.137 e. The number of hydrogen-bond donors (Lipinski definition) is 0. The Morgan fingerprint density at radius 2 is 1.91 bits per heavy atom. The van der Waals surface area contributed by atoms with Crippen molar-refractivity contribution in [2.75, 3.05) is 26.2 Å². The van der Waals surface area contributed by atoms with Crippen LogP contribution in [0.25, 0.3) is 11.1 Å². The molecule has 6 rings (SSSR count). The number of hydrogen-bond acceptors (Lipinski definition) is 4. The van der Waals surface area contributed by atoms with Crippen molar-refractivity contribution in [1.29, 1.82) is 0 Å². The summed E-state index contributed by atoms with van der Waals surface area (Å²) in [6.45, 7) is 10.1. The number of ether oxygens (including phenoxy) is 1. The van der Waals surface area contributed by atoms with Gasteiger partial charge in [-0.25, -0.2) is 0 Å². The quantitative estimate of drug-likeness (QED) is 0.677. The number of carbonyl (C=O) groups excluding carboxylic acids is 1. The summed E-state index contributed by atoms with van der Waals surface area (Å²) in [5.41, 5.74) is 4.54. The largest absolute Gasteiger partial charge is 0.530 e. The molecule has 0 aromatic heterocycles. The molecule has 3 fully saturated rings. The van der Waals surface area contributed by atoms with Gasteiger partial charge in [-0.3, -0.25) is 0 Å². The maximum Gasteiger partial charge on any atom is 0.137 e. The van der Waals surface area contributed by atoms with Crippen LogP contribution in [0.5, 0.6) is 5.75 Å². The molecule has 1 amide bonds. The first kappa shape index (κ1) is 22.3. The molecule has 33 heavy (non-hydrogen) atoms. The van der Waals surface area contributed by atoms with Gasteiger partial charge in [0.15, 0.2) is 0 Å². The summed E-state index contributed by atoms with van der Waals surface area (Å²) in [6, 6.07) is 14.6. The highest BCUT2D eigenvalue weighted by Crippen LogP contribution is 2.50. The first-order valence-electron chi connectivity index (χ1n) is 12.4. The Labute approximate surface area is 197 Å². The van der Waals surface area contributed by atoms with Crippen molar-refractivity contribution >= 4 is 6.09 Å². The first-order chi connectivity index (χ1) is 15.9. The molecule has 2 aromatic carbocycles. The monoisotopic (exact) mass is 447 g/mol. The Hall–Kier alpha value is -2.53. The number of rotatable bonds is 5. The predicted octanol–water partition coefficient (Wildman–Crippen LogP) is 4.51. The number of benzene rings is 2. The lowest BCUT2D eigenvalue weighted by Gasteiger charge is -2.56. The number of aryl methyl sites for hydroxylation is 1. The van der Waals surface area contributed by atoms with E-state index in [4.69, 9.17) is 4.74 Å². The van der Waals surface area contributed by atoms with Gasteiger partial charge in [0.05, 0.1) is 12.6 Å². The van der Waals surface area contributed by atoms with E-state index in [0.717, 1.165) is 67.8 Å². The van der Waals surface area contributed by atoms with Crippen molar-refractivity contribution < 1.29 is 14.6 Å². The highest BCUT2D eigenvalue weighted by atomic mass is 16.5. The van der Waals surface area contributed by atoms with Crippen molar-refractivity contribution in [1.82, 2.24) is 9.80 Å². The van der Waals surface area contributed by atoms with Gasteiger partial charge in [0.2, 0.25) is 0 Å². The Morgan fingerprint density at radius 1 is 1.15 bits per heavy atom. The Kier molecular flexibility index (Phi) is 5.86. The van der Waals surface area contributed by atoms with Crippen LogP contribution in [0, 0.1) is 11.3 Å². The molecular formula is C28H35N2O3-. The fourth-order valence-corrected chi connectivity index (χ4v) is 6.42. The molecule has 5 heteroatoms. The number of fused-ring (bicyclic) bond motifs is 4. The summed E-state index contributed by atoms with van der Waals surface area (Å²) in [7, 11) is 0. The SMILES string of the molecule is CCOc1cccc(-c2ccc3c(c2)CCC(C)(C)[C@H]3N(C(=O)[O-])[C@@H]2CN3CCC2CC3)c1. The lowest BCUT2D eigenvalue weighted by Crippen LogP contribution is -2.63. The minimum absolute atomic E-state index is 0.0234. The zero-order valence-corrected chi connectivity index (χ0v) is 20.0. The van der Waals surface area contributed by atoms with E-state index in [1.54, 1.807) is 4.90 Å². The normalized spacial score (nSPS) is 27.6. The molecule has 0 saturated carbocycles. The highest BCUT2D eigenvalue weighted by molar-refractivity contribution is 5.68. The minimum atomic E-state index is -1.02. The van der Waals surface area contributed by atoms with Crippen LogP contribution in [0.4, 0.5) is 4.79 Å². The van der Waals surface area contributed by atoms with Crippen molar-refractivity contribution in [3.05, 3.63) is 53.6 Å². The van der Waals surface area contributed by atoms with E-state index in [2.05, 4.69) is 49.1 Å². The molecular weight excluding hydrogens is 412 g/mol. The fraction of sp³-hybridized carbons (Fsp3) is 0.536. The van der Waals surface area contributed by atoms with Crippen LogP contribution < -0.4 is 9.84 Å². The molecule has 3 heterocycles. The second-order valence-electron chi connectivity index (χ2n) is 10.6. The van der Waals surface area contributed by atoms with Gasteiger partial charge in [-0.15, -0.1) is 0 Å². The van der Waals surface area contributed by atoms with E-state index < -0.39 is 6.09 Å². The summed E-state index contributed by atoms with van der Waals surface area (Å²) in [5.74, 6) is 1.31. The number of nitrogens with zero attached hydrogens (tertiary/aromatic N) is 2. The topological polar surface area (TPSA) is 55.8 Å². The number of carbonyl (C=O) groups is 1. The Bertz CT molecular complexity index is 1030. The van der Waals surface area contributed by atoms with Gasteiger partial charge in [-0.2, -0.15) is 0 Å². The van der Waals surface area contributed by atoms with E-state index in [-0.39, 0.29) is 17.5 Å². The number of carboxylic acid groups (broad SMARTS) is 1. The molecule has 3 aliphatic heterocycles. The zero-order chi connectivity index (χ0) is 23.2. The highest BCUT2D eigenvalue weighted by Gasteiger charge is 2.46. The van der Waals surface area contributed by atoms with Gasteiger partial charge in [0.25, 0.3) is 0 Å². The summed E-state index contributed by atoms with van der Waals surface area (Å²) in [6.07, 6.45) is 3.07. The van der Waals surface area contributed by atoms with Gasteiger partial charge in [0, 0.05) is 12.6 Å². The lowest BCUT2D eigenvalue weighted by molar-refractivity contribution is -0.277. The van der Waals surface area contributed by atoms with E-state index in [1.165, 1.54) is 5.56 Å². The van der Waals surface area contributed by atoms with Crippen molar-refractivity contribution in [2.45, 2.75) is 58.5 Å². The van der Waals surface area contributed by atoms with Crippen molar-refractivity contribution in [3.8, 4) is 16.9 Å². The number of piperidine rings is 3. The third kappa shape index (κ3) is 4.12. The van der Waals surface area contributed by atoms with Crippen LogP contribution in [-0.4, -0.2) is 48.2 Å². The minimum Gasteiger partial charge on any atom is -0.530 e. The van der Waals surface area contributed by atoms with Crippen LogP contribution in [-0.2, 0) is 6.42 Å². The second-order valence-corrected chi connectivity index (χ2v) is 10.6. The predicted molar refractivity (Wildman–Crippen MR) is 128 cm³/mol. The molecule has 3 saturated heterocycles. The van der Waals surface area contributed by atoms with Gasteiger partial charge in [-0.1, -0.05) is 44.2 Å². The summed E-state index contributed by atoms with van der Waals surface area (Å²) < 4.78 is 5.69. The molecule has 0 spiro atoms. The summed E-state index contributed by atoms with van der Waals surface area (Å²) in [4.78, 5) is 16.8. The van der Waals surface area contributed by atoms with Crippen LogP contribution in [0.2, 0.25) is 0 Å². The molecule has 0 unspecified atom stereocenters. The van der Waals surface area contributed by atoms with E-state index in [1.807, 2.05) is 19.1 Å². The molecule has 1 aliphatic carbocycles. The summed E-state index contributed by atoms with van der Waals surface area (Å²) in [5, 5.41) is 12.6. The molecule has 4 aliphatic rings. The second kappa shape index (κ2) is 8.68. The third-order valence-corrected chi connectivity index (χ3v) is 8.16. The first-order valence-corrected chi connectivity index (χ1v) is 12.4. The lowest BCUT2D eigenvalue weighted by atomic mass is 9.68. The van der Waals surface area contributed by atoms with Crippen molar-refractivity contribution in [3.63, 3.8) is 0 Å². The molecule has 0 radical (unpaired) electrons. The van der Waals surface area contributed by atoms with Crippen LogP contribution in [0.1, 0.15) is 57.2 Å². The average Bonchev–Trinajstić information content (AvgIpc) is 2.81. The third-order valence-electron chi connectivity index (χ3n) is 8.16. The van der Waals surface area contributed by atoms with Crippen LogP contribution in [0.3, 0.4) is 0 Å². The molecule has 2 bridgehead atoms. The van der Waals surface area contributed by atoms with Gasteiger partial charge in [-0.05, 0) is 91.4 Å². The van der Waals surface area contributed by atoms with Gasteiger partial charge >= 0.3 is 0 Å². The maximum atomic E-state index is 12.6. The van der Waals surface area contributed by atoms with E-state index >= 15 is 0 Å². The molecule has 176 valence electrons. The zero-order valence-electron chi connectivity index (χ0n) is 20.0. The van der Waals surface area contributed by atoms with Crippen molar-refractivity contribution in [2.24, 2.45) is 11.3 Å². The molecule has 2 aromatic rings. The Morgan fingerprint density at radius 3 is 2.58 bits per heavy atom. The maximum absolute atomic E-state index is 12.6. The van der Waals surface area contributed by atoms with E-state index in [0.29, 0.717) is 12.5 Å². The van der Waals surface area contributed by atoms with Crippen LogP contribution >= 0.6 is 0 Å². The molecule has 5 nitrogen and oxygen atoms in total. The van der Waals surface area contributed by atoms with Crippen LogP contribution in [0.15, 0.2) is 42.5 Å². The molecule has 2 atom stereocenters. The molecule has 0 N–H and O–H groups in total. The summed E-state index contributed by atoms with van der Waals surface area (Å²) >= 11 is 0.